The van der Waals surface area contributed by atoms with E-state index in [4.69, 9.17) is 27.7 Å². The number of halogens is 3. The minimum atomic E-state index is -0.196. The van der Waals surface area contributed by atoms with E-state index in [-0.39, 0.29) is 12.3 Å². The third-order valence-electron chi connectivity index (χ3n) is 3.34. The monoisotopic (exact) mass is 487 g/mol. The SMILES string of the molecule is O=C(CCc1nc(-c2ccc(I)cc2)no1)Nc1ccc(Cl)cc1Cl. The van der Waals surface area contributed by atoms with Gasteiger partial charge in [0.25, 0.3) is 0 Å². The van der Waals surface area contributed by atoms with E-state index in [1.54, 1.807) is 18.2 Å². The first kappa shape index (κ1) is 18.2. The van der Waals surface area contributed by atoms with Gasteiger partial charge in [-0.05, 0) is 52.9 Å². The second-order valence-electron chi connectivity index (χ2n) is 5.19. The van der Waals surface area contributed by atoms with Gasteiger partial charge in [-0.2, -0.15) is 4.98 Å². The lowest BCUT2D eigenvalue weighted by molar-refractivity contribution is -0.116. The van der Waals surface area contributed by atoms with Crippen LogP contribution in [0.2, 0.25) is 10.0 Å². The first-order valence-corrected chi connectivity index (χ1v) is 9.18. The van der Waals surface area contributed by atoms with Crippen LogP contribution in [-0.4, -0.2) is 16.0 Å². The topological polar surface area (TPSA) is 68.0 Å². The summed E-state index contributed by atoms with van der Waals surface area (Å²) >= 11 is 14.1. The molecule has 1 amide bonds. The summed E-state index contributed by atoms with van der Waals surface area (Å²) in [4.78, 5) is 16.4. The molecule has 0 radical (unpaired) electrons. The molecule has 0 spiro atoms. The van der Waals surface area contributed by atoms with Crippen LogP contribution in [0, 0.1) is 3.57 Å². The molecule has 8 heteroatoms. The van der Waals surface area contributed by atoms with Crippen molar-refractivity contribution in [3.8, 4) is 11.4 Å². The second-order valence-corrected chi connectivity index (χ2v) is 7.28. The van der Waals surface area contributed by atoms with Gasteiger partial charge in [0, 0.05) is 27.0 Å². The van der Waals surface area contributed by atoms with Crippen molar-refractivity contribution in [3.63, 3.8) is 0 Å². The molecular weight excluding hydrogens is 476 g/mol. The van der Waals surface area contributed by atoms with Crippen molar-refractivity contribution in [1.82, 2.24) is 10.1 Å². The molecule has 0 saturated heterocycles. The van der Waals surface area contributed by atoms with E-state index in [0.717, 1.165) is 9.13 Å². The molecule has 0 bridgehead atoms. The fourth-order valence-corrected chi connectivity index (χ4v) is 2.91. The van der Waals surface area contributed by atoms with Crippen molar-refractivity contribution >= 4 is 57.4 Å². The maximum atomic E-state index is 12.0. The summed E-state index contributed by atoms with van der Waals surface area (Å²) in [5.41, 5.74) is 1.38. The molecular formula is C17H12Cl2IN3O2. The molecule has 3 aromatic rings. The van der Waals surface area contributed by atoms with E-state index in [1.807, 2.05) is 24.3 Å². The quantitative estimate of drug-likeness (QED) is 0.501. The van der Waals surface area contributed by atoms with Crippen molar-refractivity contribution in [3.05, 3.63) is 62.0 Å². The highest BCUT2D eigenvalue weighted by Gasteiger charge is 2.12. The third kappa shape index (κ3) is 4.93. The summed E-state index contributed by atoms with van der Waals surface area (Å²) < 4.78 is 6.33. The number of nitrogens with one attached hydrogen (secondary N) is 1. The molecule has 0 aliphatic heterocycles. The molecule has 0 saturated carbocycles. The van der Waals surface area contributed by atoms with Crippen molar-refractivity contribution in [2.24, 2.45) is 0 Å². The number of amides is 1. The Kier molecular flexibility index (Phi) is 5.93. The van der Waals surface area contributed by atoms with Gasteiger partial charge in [0.2, 0.25) is 17.6 Å². The van der Waals surface area contributed by atoms with Crippen molar-refractivity contribution < 1.29 is 9.32 Å². The number of aromatic nitrogens is 2. The number of nitrogens with zero attached hydrogens (tertiary/aromatic N) is 2. The molecule has 5 nitrogen and oxygen atoms in total. The summed E-state index contributed by atoms with van der Waals surface area (Å²) in [5, 5.41) is 7.58. The summed E-state index contributed by atoms with van der Waals surface area (Å²) in [7, 11) is 0. The third-order valence-corrected chi connectivity index (χ3v) is 4.61. The minimum Gasteiger partial charge on any atom is -0.339 e. The maximum absolute atomic E-state index is 12.0. The predicted octanol–water partition coefficient (Wildman–Crippen LogP) is 5.22. The highest BCUT2D eigenvalue weighted by molar-refractivity contribution is 14.1. The Hall–Kier alpha value is -1.64. The highest BCUT2D eigenvalue weighted by atomic mass is 127. The molecule has 1 N–H and O–H groups in total. The largest absolute Gasteiger partial charge is 0.339 e. The van der Waals surface area contributed by atoms with Gasteiger partial charge in [0.1, 0.15) is 0 Å². The number of hydrogen-bond donors (Lipinski definition) is 1. The Bertz CT molecular complexity index is 897. The van der Waals surface area contributed by atoms with Crippen LogP contribution in [0.25, 0.3) is 11.4 Å². The number of anilines is 1. The molecule has 0 atom stereocenters. The van der Waals surface area contributed by atoms with Crippen molar-refractivity contribution in [1.29, 1.82) is 0 Å². The molecule has 1 heterocycles. The lowest BCUT2D eigenvalue weighted by Crippen LogP contribution is -2.12. The van der Waals surface area contributed by atoms with Gasteiger partial charge in [-0.3, -0.25) is 4.79 Å². The highest BCUT2D eigenvalue weighted by Crippen LogP contribution is 2.25. The van der Waals surface area contributed by atoms with E-state index >= 15 is 0 Å². The van der Waals surface area contributed by atoms with Gasteiger partial charge in [-0.25, -0.2) is 0 Å². The van der Waals surface area contributed by atoms with Crippen LogP contribution < -0.4 is 5.32 Å². The van der Waals surface area contributed by atoms with Crippen LogP contribution in [0.1, 0.15) is 12.3 Å². The number of carbonyl (C=O) groups is 1. The van der Waals surface area contributed by atoms with E-state index < -0.39 is 0 Å². The lowest BCUT2D eigenvalue weighted by atomic mass is 10.2. The van der Waals surface area contributed by atoms with Crippen LogP contribution in [0.3, 0.4) is 0 Å². The Labute approximate surface area is 167 Å². The minimum absolute atomic E-state index is 0.196. The molecule has 0 aliphatic carbocycles. The predicted molar refractivity (Wildman–Crippen MR) is 106 cm³/mol. The van der Waals surface area contributed by atoms with E-state index in [2.05, 4.69) is 38.0 Å². The normalized spacial score (nSPS) is 10.7. The smallest absolute Gasteiger partial charge is 0.227 e. The molecule has 0 fully saturated rings. The first-order chi connectivity index (χ1) is 12.0. The summed E-state index contributed by atoms with van der Waals surface area (Å²) in [6.45, 7) is 0. The van der Waals surface area contributed by atoms with Crippen molar-refractivity contribution in [2.75, 3.05) is 5.32 Å². The van der Waals surface area contributed by atoms with Crippen LogP contribution in [-0.2, 0) is 11.2 Å². The number of hydrogen-bond acceptors (Lipinski definition) is 4. The fraction of sp³-hybridized carbons (Fsp3) is 0.118. The first-order valence-electron chi connectivity index (χ1n) is 7.35. The average molecular weight is 488 g/mol. The number of rotatable bonds is 5. The average Bonchev–Trinajstić information content (AvgIpc) is 3.05. The number of carbonyl (C=O) groups excluding carboxylic acids is 1. The Morgan fingerprint density at radius 2 is 1.92 bits per heavy atom. The van der Waals surface area contributed by atoms with Gasteiger partial charge >= 0.3 is 0 Å². The van der Waals surface area contributed by atoms with E-state index in [0.29, 0.717) is 33.9 Å². The molecule has 1 aromatic heterocycles. The molecule has 0 aliphatic rings. The van der Waals surface area contributed by atoms with Gasteiger partial charge in [-0.1, -0.05) is 40.5 Å². The van der Waals surface area contributed by atoms with Crippen LogP contribution in [0.5, 0.6) is 0 Å². The molecule has 25 heavy (non-hydrogen) atoms. The zero-order valence-electron chi connectivity index (χ0n) is 12.8. The number of aryl methyl sites for hydroxylation is 1. The summed E-state index contributed by atoms with van der Waals surface area (Å²) in [6, 6.07) is 12.7. The van der Waals surface area contributed by atoms with Gasteiger partial charge in [0.15, 0.2) is 0 Å². The molecule has 3 rings (SSSR count). The lowest BCUT2D eigenvalue weighted by Gasteiger charge is -2.06. The van der Waals surface area contributed by atoms with E-state index in [1.165, 1.54) is 0 Å². The molecule has 0 unspecified atom stereocenters. The number of benzene rings is 2. The van der Waals surface area contributed by atoms with Gasteiger partial charge in [-0.15, -0.1) is 0 Å². The van der Waals surface area contributed by atoms with Crippen LogP contribution >= 0.6 is 45.8 Å². The van der Waals surface area contributed by atoms with Crippen molar-refractivity contribution in [2.45, 2.75) is 12.8 Å². The Morgan fingerprint density at radius 3 is 2.64 bits per heavy atom. The Morgan fingerprint density at radius 1 is 1.16 bits per heavy atom. The summed E-state index contributed by atoms with van der Waals surface area (Å²) in [6.07, 6.45) is 0.543. The second kappa shape index (κ2) is 8.16. The van der Waals surface area contributed by atoms with Crippen LogP contribution in [0.15, 0.2) is 47.0 Å². The van der Waals surface area contributed by atoms with Gasteiger partial charge in [0.05, 0.1) is 10.7 Å². The molecule has 2 aromatic carbocycles. The Balaban J connectivity index is 1.58. The molecule has 128 valence electrons. The maximum Gasteiger partial charge on any atom is 0.227 e. The summed E-state index contributed by atoms with van der Waals surface area (Å²) in [5.74, 6) is 0.719. The fourth-order valence-electron chi connectivity index (χ4n) is 2.10. The van der Waals surface area contributed by atoms with E-state index in [9.17, 15) is 4.79 Å². The standard InChI is InChI=1S/C17H12Cl2IN3O2/c18-11-3-6-14(13(19)9-11)21-15(24)7-8-16-22-17(23-25-16)10-1-4-12(20)5-2-10/h1-6,9H,7-8H2,(H,21,24). The van der Waals surface area contributed by atoms with Crippen LogP contribution in [0.4, 0.5) is 5.69 Å². The zero-order valence-corrected chi connectivity index (χ0v) is 16.5. The zero-order chi connectivity index (χ0) is 17.8. The van der Waals surface area contributed by atoms with Gasteiger partial charge < -0.3 is 9.84 Å².